The number of nitrogens with zero attached hydrogens (tertiary/aromatic N) is 2. The molecule has 1 N–H and O–H groups in total. The van der Waals surface area contributed by atoms with Gasteiger partial charge < -0.3 is 15.1 Å². The third-order valence-corrected chi connectivity index (χ3v) is 4.59. The molecule has 4 heteroatoms. The third kappa shape index (κ3) is 4.18. The lowest BCUT2D eigenvalue weighted by molar-refractivity contribution is -0.130. The molecule has 0 saturated carbocycles. The molecule has 2 bridgehead atoms. The van der Waals surface area contributed by atoms with E-state index in [-0.39, 0.29) is 0 Å². The number of carbonyl (C=O) groups is 1. The van der Waals surface area contributed by atoms with Crippen LogP contribution in [0.1, 0.15) is 46.0 Å². The topological polar surface area (TPSA) is 35.6 Å². The van der Waals surface area contributed by atoms with Gasteiger partial charge in [0.2, 0.25) is 5.91 Å². The highest BCUT2D eigenvalue weighted by atomic mass is 16.2. The molecule has 2 rings (SSSR count). The number of nitrogens with one attached hydrogen (secondary N) is 1. The number of amides is 1. The average molecular weight is 267 g/mol. The normalized spacial score (nSPS) is 27.3. The summed E-state index contributed by atoms with van der Waals surface area (Å²) in [6.45, 7) is 9.25. The fourth-order valence-corrected chi connectivity index (χ4v) is 3.41. The van der Waals surface area contributed by atoms with Crippen LogP contribution >= 0.6 is 0 Å². The van der Waals surface area contributed by atoms with E-state index in [0.717, 1.165) is 32.1 Å². The maximum absolute atomic E-state index is 11.9. The Bertz CT molecular complexity index is 291. The Morgan fingerprint density at radius 3 is 2.68 bits per heavy atom. The molecule has 2 heterocycles. The van der Waals surface area contributed by atoms with Gasteiger partial charge in [0.1, 0.15) is 0 Å². The zero-order valence-corrected chi connectivity index (χ0v) is 12.5. The monoisotopic (exact) mass is 267 g/mol. The maximum atomic E-state index is 11.9. The second-order valence-electron chi connectivity index (χ2n) is 5.90. The van der Waals surface area contributed by atoms with Gasteiger partial charge in [-0.15, -0.1) is 0 Å². The van der Waals surface area contributed by atoms with Crippen LogP contribution in [0.2, 0.25) is 0 Å². The molecule has 2 aliphatic heterocycles. The lowest BCUT2D eigenvalue weighted by Gasteiger charge is -2.24. The summed E-state index contributed by atoms with van der Waals surface area (Å²) in [5, 5.41) is 3.70. The van der Waals surface area contributed by atoms with Crippen LogP contribution in [0.5, 0.6) is 0 Å². The van der Waals surface area contributed by atoms with Crippen molar-refractivity contribution in [3.63, 3.8) is 0 Å². The van der Waals surface area contributed by atoms with Crippen LogP contribution in [-0.4, -0.2) is 60.5 Å². The Hall–Kier alpha value is -0.610. The summed E-state index contributed by atoms with van der Waals surface area (Å²) in [7, 11) is 0. The van der Waals surface area contributed by atoms with Gasteiger partial charge in [0.15, 0.2) is 0 Å². The second-order valence-corrected chi connectivity index (χ2v) is 5.90. The Kier molecular flexibility index (Phi) is 5.64. The van der Waals surface area contributed by atoms with Crippen LogP contribution in [0.15, 0.2) is 0 Å². The summed E-state index contributed by atoms with van der Waals surface area (Å²) in [5.74, 6) is 0.319. The minimum atomic E-state index is 0.319. The molecular formula is C15H29N3O. The van der Waals surface area contributed by atoms with Crippen LogP contribution in [0.4, 0.5) is 0 Å². The quantitative estimate of drug-likeness (QED) is 0.791. The molecule has 0 aromatic rings. The first-order valence-electron chi connectivity index (χ1n) is 7.99. The molecule has 4 nitrogen and oxygen atoms in total. The third-order valence-electron chi connectivity index (χ3n) is 4.59. The standard InChI is InChI=1S/C15H29N3O/c1-3-18(4-2)15(19)6-5-10-17-11-9-13-7-8-14(12-17)16-13/h13-14,16H,3-12H2,1-2H3. The van der Waals surface area contributed by atoms with Crippen molar-refractivity contribution in [1.82, 2.24) is 15.1 Å². The highest BCUT2D eigenvalue weighted by Gasteiger charge is 2.28. The summed E-state index contributed by atoms with van der Waals surface area (Å²) in [6.07, 6.45) is 5.69. The smallest absolute Gasteiger partial charge is 0.222 e. The Morgan fingerprint density at radius 1 is 1.21 bits per heavy atom. The molecule has 2 saturated heterocycles. The van der Waals surface area contributed by atoms with Crippen LogP contribution in [-0.2, 0) is 4.79 Å². The minimum absolute atomic E-state index is 0.319. The number of hydrogen-bond acceptors (Lipinski definition) is 3. The Labute approximate surface area is 117 Å². The van der Waals surface area contributed by atoms with E-state index in [1.165, 1.54) is 32.4 Å². The zero-order valence-electron chi connectivity index (χ0n) is 12.5. The van der Waals surface area contributed by atoms with Crippen molar-refractivity contribution in [2.45, 2.75) is 58.0 Å². The van der Waals surface area contributed by atoms with Crippen molar-refractivity contribution in [2.75, 3.05) is 32.7 Å². The van der Waals surface area contributed by atoms with Gasteiger partial charge in [0.05, 0.1) is 0 Å². The van der Waals surface area contributed by atoms with Crippen molar-refractivity contribution >= 4 is 5.91 Å². The number of hydrogen-bond donors (Lipinski definition) is 1. The molecule has 0 radical (unpaired) electrons. The molecule has 0 spiro atoms. The maximum Gasteiger partial charge on any atom is 0.222 e. The molecule has 1 amide bonds. The first kappa shape index (κ1) is 14.8. The molecule has 0 aliphatic carbocycles. The molecule has 19 heavy (non-hydrogen) atoms. The van der Waals surface area contributed by atoms with E-state index in [1.807, 2.05) is 4.90 Å². The van der Waals surface area contributed by atoms with Gasteiger partial charge in [-0.2, -0.15) is 0 Å². The minimum Gasteiger partial charge on any atom is -0.343 e. The van der Waals surface area contributed by atoms with Crippen LogP contribution in [0, 0.1) is 0 Å². The van der Waals surface area contributed by atoms with Gasteiger partial charge in [-0.3, -0.25) is 4.79 Å². The summed E-state index contributed by atoms with van der Waals surface area (Å²) >= 11 is 0. The van der Waals surface area contributed by atoms with Gasteiger partial charge in [0.25, 0.3) is 0 Å². The highest BCUT2D eigenvalue weighted by Crippen LogP contribution is 2.20. The molecule has 2 aliphatic rings. The first-order chi connectivity index (χ1) is 9.22. The van der Waals surface area contributed by atoms with E-state index in [0.29, 0.717) is 18.4 Å². The van der Waals surface area contributed by atoms with Crippen molar-refractivity contribution in [1.29, 1.82) is 0 Å². The van der Waals surface area contributed by atoms with Gasteiger partial charge in [-0.05, 0) is 52.6 Å². The molecule has 110 valence electrons. The van der Waals surface area contributed by atoms with E-state index < -0.39 is 0 Å². The number of fused-ring (bicyclic) bond motifs is 2. The Morgan fingerprint density at radius 2 is 1.95 bits per heavy atom. The van der Waals surface area contributed by atoms with Crippen molar-refractivity contribution in [3.8, 4) is 0 Å². The molecule has 2 fully saturated rings. The lowest BCUT2D eigenvalue weighted by Crippen LogP contribution is -2.36. The van der Waals surface area contributed by atoms with E-state index in [1.54, 1.807) is 0 Å². The number of carbonyl (C=O) groups excluding carboxylic acids is 1. The molecule has 0 aromatic heterocycles. The predicted octanol–water partition coefficient (Wildman–Crippen LogP) is 1.46. The molecule has 2 unspecified atom stereocenters. The highest BCUT2D eigenvalue weighted by molar-refractivity contribution is 5.76. The Balaban J connectivity index is 1.66. The number of likely N-dealkylation sites (tertiary alicyclic amines) is 1. The van der Waals surface area contributed by atoms with Crippen LogP contribution in [0.25, 0.3) is 0 Å². The zero-order chi connectivity index (χ0) is 13.7. The fraction of sp³-hybridized carbons (Fsp3) is 0.933. The predicted molar refractivity (Wildman–Crippen MR) is 78.2 cm³/mol. The van der Waals surface area contributed by atoms with E-state index in [4.69, 9.17) is 0 Å². The van der Waals surface area contributed by atoms with Gasteiger partial charge >= 0.3 is 0 Å². The lowest BCUT2D eigenvalue weighted by atomic mass is 10.1. The second kappa shape index (κ2) is 7.25. The van der Waals surface area contributed by atoms with Gasteiger partial charge in [0, 0.05) is 38.1 Å². The summed E-state index contributed by atoms with van der Waals surface area (Å²) in [6, 6.07) is 1.46. The first-order valence-corrected chi connectivity index (χ1v) is 7.99. The largest absolute Gasteiger partial charge is 0.343 e. The van der Waals surface area contributed by atoms with Gasteiger partial charge in [-0.25, -0.2) is 0 Å². The summed E-state index contributed by atoms with van der Waals surface area (Å²) in [4.78, 5) is 16.4. The number of rotatable bonds is 6. The van der Waals surface area contributed by atoms with Crippen LogP contribution in [0.3, 0.4) is 0 Å². The van der Waals surface area contributed by atoms with Crippen LogP contribution < -0.4 is 5.32 Å². The fourth-order valence-electron chi connectivity index (χ4n) is 3.41. The molecule has 0 aromatic carbocycles. The summed E-state index contributed by atoms with van der Waals surface area (Å²) < 4.78 is 0. The summed E-state index contributed by atoms with van der Waals surface area (Å²) in [5.41, 5.74) is 0. The molecule has 2 atom stereocenters. The van der Waals surface area contributed by atoms with Crippen molar-refractivity contribution < 1.29 is 4.79 Å². The van der Waals surface area contributed by atoms with Gasteiger partial charge in [-0.1, -0.05) is 0 Å². The average Bonchev–Trinajstić information content (AvgIpc) is 2.73. The van der Waals surface area contributed by atoms with E-state index in [9.17, 15) is 4.79 Å². The molecular weight excluding hydrogens is 238 g/mol. The van der Waals surface area contributed by atoms with Crippen molar-refractivity contribution in [2.24, 2.45) is 0 Å². The van der Waals surface area contributed by atoms with Crippen molar-refractivity contribution in [3.05, 3.63) is 0 Å². The van der Waals surface area contributed by atoms with E-state index >= 15 is 0 Å². The van der Waals surface area contributed by atoms with E-state index in [2.05, 4.69) is 24.1 Å². The SMILES string of the molecule is CCN(CC)C(=O)CCCN1CCC2CCC(C1)N2.